The van der Waals surface area contributed by atoms with Crippen molar-refractivity contribution >= 4 is 22.7 Å². The highest BCUT2D eigenvalue weighted by molar-refractivity contribution is 5.83. The Bertz CT molecular complexity index is 713. The first-order valence-corrected chi connectivity index (χ1v) is 8.12. The van der Waals surface area contributed by atoms with Gasteiger partial charge in [0, 0.05) is 0 Å². The topological polar surface area (TPSA) is 52.6 Å². The summed E-state index contributed by atoms with van der Waals surface area (Å²) < 4.78 is 10.3. The molecule has 2 aromatic rings. The van der Waals surface area contributed by atoms with E-state index in [2.05, 4.69) is 0 Å². The van der Waals surface area contributed by atoms with Gasteiger partial charge in [0.05, 0.1) is 19.4 Å². The lowest BCUT2D eigenvalue weighted by atomic mass is 9.99. The Morgan fingerprint density at radius 1 is 0.875 bits per heavy atom. The van der Waals surface area contributed by atoms with Gasteiger partial charge in [0.2, 0.25) is 0 Å². The molecule has 24 heavy (non-hydrogen) atoms. The molecule has 0 saturated heterocycles. The van der Waals surface area contributed by atoms with Crippen LogP contribution in [0, 0.1) is 5.41 Å². The van der Waals surface area contributed by atoms with E-state index in [-0.39, 0.29) is 30.8 Å². The Balaban J connectivity index is 1.75. The SMILES string of the molecule is CC(C)(C)COC(=O)CCC(=O)OCc1ccc2ccccc2c1. The number of ether oxygens (including phenoxy) is 2. The first-order valence-electron chi connectivity index (χ1n) is 8.12. The zero-order valence-corrected chi connectivity index (χ0v) is 14.5. The summed E-state index contributed by atoms with van der Waals surface area (Å²) in [4.78, 5) is 23.3. The van der Waals surface area contributed by atoms with Crippen LogP contribution in [0.3, 0.4) is 0 Å². The van der Waals surface area contributed by atoms with Crippen molar-refractivity contribution in [2.75, 3.05) is 6.61 Å². The Kier molecular flexibility index (Phi) is 5.96. The lowest BCUT2D eigenvalue weighted by Crippen LogP contribution is -2.19. The van der Waals surface area contributed by atoms with Crippen molar-refractivity contribution < 1.29 is 19.1 Å². The van der Waals surface area contributed by atoms with E-state index in [0.717, 1.165) is 16.3 Å². The number of fused-ring (bicyclic) bond motifs is 1. The van der Waals surface area contributed by atoms with E-state index in [1.165, 1.54) is 0 Å². The molecule has 0 aliphatic heterocycles. The largest absolute Gasteiger partial charge is 0.465 e. The molecule has 2 rings (SSSR count). The van der Waals surface area contributed by atoms with Crippen LogP contribution in [0.4, 0.5) is 0 Å². The molecule has 0 aromatic heterocycles. The smallest absolute Gasteiger partial charge is 0.306 e. The third kappa shape index (κ3) is 6.03. The zero-order chi connectivity index (χ0) is 17.6. The van der Waals surface area contributed by atoms with E-state index in [4.69, 9.17) is 9.47 Å². The highest BCUT2D eigenvalue weighted by Crippen LogP contribution is 2.16. The van der Waals surface area contributed by atoms with Gasteiger partial charge in [-0.2, -0.15) is 0 Å². The highest BCUT2D eigenvalue weighted by Gasteiger charge is 2.15. The molecule has 0 unspecified atom stereocenters. The van der Waals surface area contributed by atoms with Crippen LogP contribution in [0.5, 0.6) is 0 Å². The highest BCUT2D eigenvalue weighted by atomic mass is 16.5. The van der Waals surface area contributed by atoms with Gasteiger partial charge in [0.25, 0.3) is 0 Å². The summed E-state index contributed by atoms with van der Waals surface area (Å²) in [6.07, 6.45) is 0.0865. The Labute approximate surface area is 142 Å². The predicted molar refractivity (Wildman–Crippen MR) is 93.4 cm³/mol. The van der Waals surface area contributed by atoms with E-state index >= 15 is 0 Å². The molecule has 0 N–H and O–H groups in total. The van der Waals surface area contributed by atoms with Crippen LogP contribution in [0.1, 0.15) is 39.2 Å². The lowest BCUT2D eigenvalue weighted by Gasteiger charge is -2.17. The maximum absolute atomic E-state index is 11.8. The first-order chi connectivity index (χ1) is 11.3. The number of hydrogen-bond acceptors (Lipinski definition) is 4. The van der Waals surface area contributed by atoms with Crippen molar-refractivity contribution in [2.24, 2.45) is 5.41 Å². The maximum atomic E-state index is 11.8. The number of hydrogen-bond donors (Lipinski definition) is 0. The Morgan fingerprint density at radius 3 is 2.17 bits per heavy atom. The summed E-state index contributed by atoms with van der Waals surface area (Å²) in [5.41, 5.74) is 0.851. The summed E-state index contributed by atoms with van der Waals surface area (Å²) in [5, 5.41) is 2.26. The summed E-state index contributed by atoms with van der Waals surface area (Å²) in [6, 6.07) is 14.0. The second-order valence-electron chi connectivity index (χ2n) is 7.06. The average Bonchev–Trinajstić information content (AvgIpc) is 2.55. The molecule has 0 amide bonds. The van der Waals surface area contributed by atoms with Crippen molar-refractivity contribution in [3.63, 3.8) is 0 Å². The molecule has 128 valence electrons. The molecule has 0 aliphatic carbocycles. The Morgan fingerprint density at radius 2 is 1.50 bits per heavy atom. The zero-order valence-electron chi connectivity index (χ0n) is 14.5. The van der Waals surface area contributed by atoms with E-state index in [0.29, 0.717) is 6.61 Å². The molecule has 4 heteroatoms. The first kappa shape index (κ1) is 18.0. The number of rotatable bonds is 6. The van der Waals surface area contributed by atoms with Crippen LogP contribution < -0.4 is 0 Å². The fourth-order valence-electron chi connectivity index (χ4n) is 2.14. The molecule has 0 atom stereocenters. The molecule has 0 fully saturated rings. The molecule has 4 nitrogen and oxygen atoms in total. The van der Waals surface area contributed by atoms with Gasteiger partial charge in [-0.05, 0) is 27.8 Å². The van der Waals surface area contributed by atoms with Crippen molar-refractivity contribution in [1.29, 1.82) is 0 Å². The molecule has 0 bridgehead atoms. The number of carbonyl (C=O) groups excluding carboxylic acids is 2. The van der Waals surface area contributed by atoms with Crippen LogP contribution in [-0.2, 0) is 25.7 Å². The van der Waals surface area contributed by atoms with E-state index < -0.39 is 5.97 Å². The van der Waals surface area contributed by atoms with Gasteiger partial charge in [-0.1, -0.05) is 57.2 Å². The van der Waals surface area contributed by atoms with Crippen molar-refractivity contribution in [3.05, 3.63) is 48.0 Å². The minimum atomic E-state index is -0.393. The van der Waals surface area contributed by atoms with Gasteiger partial charge in [-0.15, -0.1) is 0 Å². The monoisotopic (exact) mass is 328 g/mol. The van der Waals surface area contributed by atoms with Crippen LogP contribution in [0.25, 0.3) is 10.8 Å². The van der Waals surface area contributed by atoms with E-state index in [9.17, 15) is 9.59 Å². The maximum Gasteiger partial charge on any atom is 0.306 e. The second kappa shape index (κ2) is 7.95. The number of benzene rings is 2. The van der Waals surface area contributed by atoms with Crippen molar-refractivity contribution in [1.82, 2.24) is 0 Å². The lowest BCUT2D eigenvalue weighted by molar-refractivity contribution is -0.152. The summed E-state index contributed by atoms with van der Waals surface area (Å²) in [7, 11) is 0. The minimum Gasteiger partial charge on any atom is -0.465 e. The van der Waals surface area contributed by atoms with Gasteiger partial charge in [0.15, 0.2) is 0 Å². The van der Waals surface area contributed by atoms with Crippen LogP contribution in [-0.4, -0.2) is 18.5 Å². The van der Waals surface area contributed by atoms with Crippen LogP contribution in [0.2, 0.25) is 0 Å². The molecular weight excluding hydrogens is 304 g/mol. The molecule has 0 heterocycles. The van der Waals surface area contributed by atoms with Crippen molar-refractivity contribution in [3.8, 4) is 0 Å². The second-order valence-corrected chi connectivity index (χ2v) is 7.06. The van der Waals surface area contributed by atoms with Gasteiger partial charge in [-0.25, -0.2) is 0 Å². The van der Waals surface area contributed by atoms with Crippen LogP contribution >= 0.6 is 0 Å². The van der Waals surface area contributed by atoms with Crippen molar-refractivity contribution in [2.45, 2.75) is 40.2 Å². The minimum absolute atomic E-state index is 0.0383. The van der Waals surface area contributed by atoms with E-state index in [1.54, 1.807) is 0 Å². The fraction of sp³-hybridized carbons (Fsp3) is 0.400. The number of esters is 2. The average molecular weight is 328 g/mol. The molecule has 0 saturated carbocycles. The molecule has 0 spiro atoms. The van der Waals surface area contributed by atoms with Gasteiger partial charge in [0.1, 0.15) is 6.61 Å². The van der Waals surface area contributed by atoms with Gasteiger partial charge < -0.3 is 9.47 Å². The molecule has 0 radical (unpaired) electrons. The fourth-order valence-corrected chi connectivity index (χ4v) is 2.14. The summed E-state index contributed by atoms with van der Waals surface area (Å²) in [6.45, 7) is 6.51. The quantitative estimate of drug-likeness (QED) is 0.744. The normalized spacial score (nSPS) is 11.3. The number of carbonyl (C=O) groups is 2. The third-order valence-corrected chi connectivity index (χ3v) is 3.41. The molecule has 0 aliphatic rings. The standard InChI is InChI=1S/C20H24O4/c1-20(2,3)14-24-19(22)11-10-18(21)23-13-15-8-9-16-6-4-5-7-17(16)12-15/h4-9,12H,10-11,13-14H2,1-3H3. The molecule has 2 aromatic carbocycles. The van der Waals surface area contributed by atoms with Gasteiger partial charge in [-0.3, -0.25) is 9.59 Å². The van der Waals surface area contributed by atoms with Crippen LogP contribution in [0.15, 0.2) is 42.5 Å². The third-order valence-electron chi connectivity index (χ3n) is 3.41. The van der Waals surface area contributed by atoms with Gasteiger partial charge >= 0.3 is 11.9 Å². The summed E-state index contributed by atoms with van der Waals surface area (Å²) in [5.74, 6) is -0.761. The van der Waals surface area contributed by atoms with E-state index in [1.807, 2.05) is 63.2 Å². The molecular formula is C20H24O4. The predicted octanol–water partition coefficient (Wildman–Crippen LogP) is 4.25. The Hall–Kier alpha value is -2.36. The summed E-state index contributed by atoms with van der Waals surface area (Å²) >= 11 is 0.